The summed E-state index contributed by atoms with van der Waals surface area (Å²) in [5, 5.41) is 3.38. The number of hydrogen-bond acceptors (Lipinski definition) is 3. The lowest BCUT2D eigenvalue weighted by molar-refractivity contribution is -0.120. The third-order valence-electron chi connectivity index (χ3n) is 5.52. The molecule has 0 aliphatic heterocycles. The Hall–Kier alpha value is -2.83. The highest BCUT2D eigenvalue weighted by Crippen LogP contribution is 2.30. The van der Waals surface area contributed by atoms with Gasteiger partial charge in [0.1, 0.15) is 6.54 Å². The number of aryl methyl sites for hydroxylation is 2. The molecule has 0 aliphatic rings. The second kappa shape index (κ2) is 10.9. The summed E-state index contributed by atoms with van der Waals surface area (Å²) >= 11 is 6.27. The van der Waals surface area contributed by atoms with Crippen molar-refractivity contribution < 1.29 is 13.2 Å². The van der Waals surface area contributed by atoms with Crippen molar-refractivity contribution in [2.45, 2.75) is 44.6 Å². The van der Waals surface area contributed by atoms with Gasteiger partial charge in [-0.3, -0.25) is 9.10 Å². The van der Waals surface area contributed by atoms with Gasteiger partial charge in [-0.25, -0.2) is 8.42 Å². The zero-order chi connectivity index (χ0) is 24.0. The molecule has 174 valence electrons. The smallest absolute Gasteiger partial charge is 0.264 e. The van der Waals surface area contributed by atoms with Gasteiger partial charge in [-0.05, 0) is 69.0 Å². The van der Waals surface area contributed by atoms with Crippen LogP contribution >= 0.6 is 11.6 Å². The number of benzene rings is 3. The van der Waals surface area contributed by atoms with E-state index in [1.54, 1.807) is 49.4 Å². The van der Waals surface area contributed by atoms with Crippen molar-refractivity contribution in [3.63, 3.8) is 0 Å². The van der Waals surface area contributed by atoms with Gasteiger partial charge in [-0.15, -0.1) is 0 Å². The maximum atomic E-state index is 13.5. The third-order valence-corrected chi connectivity index (χ3v) is 7.70. The minimum absolute atomic E-state index is 0.109. The van der Waals surface area contributed by atoms with Crippen molar-refractivity contribution >= 4 is 33.2 Å². The summed E-state index contributed by atoms with van der Waals surface area (Å²) < 4.78 is 28.2. The number of anilines is 1. The maximum Gasteiger partial charge on any atom is 0.264 e. The van der Waals surface area contributed by atoms with E-state index in [2.05, 4.69) is 5.32 Å². The molecule has 5 nitrogen and oxygen atoms in total. The fourth-order valence-electron chi connectivity index (χ4n) is 3.55. The summed E-state index contributed by atoms with van der Waals surface area (Å²) in [7, 11) is -3.98. The summed E-state index contributed by atoms with van der Waals surface area (Å²) in [5.74, 6) is -0.370. The Labute approximate surface area is 201 Å². The predicted molar refractivity (Wildman–Crippen MR) is 134 cm³/mol. The van der Waals surface area contributed by atoms with E-state index >= 15 is 0 Å². The van der Waals surface area contributed by atoms with Crippen molar-refractivity contribution in [1.29, 1.82) is 0 Å². The molecule has 0 aromatic heterocycles. The van der Waals surface area contributed by atoms with Gasteiger partial charge in [0, 0.05) is 11.1 Å². The largest absolute Gasteiger partial charge is 0.352 e. The van der Waals surface area contributed by atoms with Crippen LogP contribution in [-0.4, -0.2) is 26.9 Å². The molecule has 3 rings (SSSR count). The fourth-order valence-corrected chi connectivity index (χ4v) is 5.20. The Kier molecular flexibility index (Phi) is 8.16. The predicted octanol–water partition coefficient (Wildman–Crippen LogP) is 5.29. The molecule has 0 radical (unpaired) electrons. The van der Waals surface area contributed by atoms with Crippen LogP contribution in [-0.2, 0) is 21.2 Å². The highest BCUT2D eigenvalue weighted by molar-refractivity contribution is 7.92. The van der Waals surface area contributed by atoms with Crippen molar-refractivity contribution in [2.75, 3.05) is 10.8 Å². The Morgan fingerprint density at radius 1 is 0.970 bits per heavy atom. The van der Waals surface area contributed by atoms with E-state index in [4.69, 9.17) is 11.6 Å². The molecular formula is C26H29ClN2O3S. The number of amides is 1. The molecule has 0 saturated heterocycles. The van der Waals surface area contributed by atoms with Gasteiger partial charge in [0.15, 0.2) is 0 Å². The van der Waals surface area contributed by atoms with Gasteiger partial charge in [0.25, 0.3) is 10.0 Å². The number of nitrogens with zero attached hydrogens (tertiary/aromatic N) is 1. The highest BCUT2D eigenvalue weighted by atomic mass is 35.5. The average Bonchev–Trinajstić information content (AvgIpc) is 2.79. The number of hydrogen-bond donors (Lipinski definition) is 1. The first-order chi connectivity index (χ1) is 15.7. The summed E-state index contributed by atoms with van der Waals surface area (Å²) in [5.41, 5.74) is 3.12. The molecule has 1 atom stereocenters. The summed E-state index contributed by atoms with van der Waals surface area (Å²) in [6, 6.07) is 21.6. The van der Waals surface area contributed by atoms with Crippen LogP contribution in [0.4, 0.5) is 5.69 Å². The molecule has 0 unspecified atom stereocenters. The van der Waals surface area contributed by atoms with Crippen LogP contribution in [0.3, 0.4) is 0 Å². The Morgan fingerprint density at radius 2 is 1.64 bits per heavy atom. The molecule has 33 heavy (non-hydrogen) atoms. The number of sulfonamides is 1. The van der Waals surface area contributed by atoms with E-state index in [-0.39, 0.29) is 23.4 Å². The van der Waals surface area contributed by atoms with Crippen molar-refractivity contribution in [3.05, 3.63) is 94.5 Å². The second-order valence-electron chi connectivity index (χ2n) is 8.20. The molecule has 1 amide bonds. The van der Waals surface area contributed by atoms with Gasteiger partial charge >= 0.3 is 0 Å². The zero-order valence-corrected chi connectivity index (χ0v) is 20.7. The highest BCUT2D eigenvalue weighted by Gasteiger charge is 2.29. The quantitative estimate of drug-likeness (QED) is 0.448. The standard InChI is InChI=1S/C26H29ClN2O3S/c1-19-12-16-23(17-13-19)33(31,32)29(25-11-7-10-24(27)21(25)3)18-26(30)28-20(2)14-15-22-8-5-4-6-9-22/h4-13,16-17,20H,14-15,18H2,1-3H3,(H,28,30)/t20-/m1/s1. The van der Waals surface area contributed by atoms with Crippen molar-refractivity contribution in [3.8, 4) is 0 Å². The Morgan fingerprint density at radius 3 is 2.30 bits per heavy atom. The first-order valence-corrected chi connectivity index (χ1v) is 12.7. The number of carbonyl (C=O) groups is 1. The molecule has 3 aromatic rings. The normalized spacial score (nSPS) is 12.2. The van der Waals surface area contributed by atoms with Crippen LogP contribution < -0.4 is 9.62 Å². The fraction of sp³-hybridized carbons (Fsp3) is 0.269. The van der Waals surface area contributed by atoms with Crippen LogP contribution in [0.25, 0.3) is 0 Å². The summed E-state index contributed by atoms with van der Waals surface area (Å²) in [6.07, 6.45) is 1.57. The number of nitrogens with one attached hydrogen (secondary N) is 1. The van der Waals surface area contributed by atoms with E-state index in [1.165, 1.54) is 5.56 Å². The molecule has 0 fully saturated rings. The van der Waals surface area contributed by atoms with E-state index in [0.29, 0.717) is 16.3 Å². The molecule has 3 aromatic carbocycles. The maximum absolute atomic E-state index is 13.5. The monoisotopic (exact) mass is 484 g/mol. The van der Waals surface area contributed by atoms with Gasteiger partial charge in [-0.2, -0.15) is 0 Å². The summed E-state index contributed by atoms with van der Waals surface area (Å²) in [6.45, 7) is 5.21. The van der Waals surface area contributed by atoms with E-state index in [0.717, 1.165) is 22.7 Å². The minimum Gasteiger partial charge on any atom is -0.352 e. The SMILES string of the molecule is Cc1ccc(S(=O)(=O)N(CC(=O)N[C@H](C)CCc2ccccc2)c2cccc(Cl)c2C)cc1. The molecule has 0 heterocycles. The van der Waals surface area contributed by atoms with E-state index in [1.807, 2.05) is 44.2 Å². The number of halogens is 1. The lowest BCUT2D eigenvalue weighted by Gasteiger charge is -2.26. The Bertz CT molecular complexity index is 1200. The lowest BCUT2D eigenvalue weighted by atomic mass is 10.1. The van der Waals surface area contributed by atoms with Crippen molar-refractivity contribution in [2.24, 2.45) is 0 Å². The average molecular weight is 485 g/mol. The van der Waals surface area contributed by atoms with Crippen molar-refractivity contribution in [1.82, 2.24) is 5.32 Å². The van der Waals surface area contributed by atoms with Crippen LogP contribution in [0, 0.1) is 13.8 Å². The molecule has 0 bridgehead atoms. The third kappa shape index (κ3) is 6.36. The molecule has 7 heteroatoms. The number of rotatable bonds is 9. The lowest BCUT2D eigenvalue weighted by Crippen LogP contribution is -2.44. The molecular weight excluding hydrogens is 456 g/mol. The first-order valence-electron chi connectivity index (χ1n) is 10.9. The molecule has 0 aliphatic carbocycles. The van der Waals surface area contributed by atoms with Gasteiger partial charge < -0.3 is 5.32 Å². The van der Waals surface area contributed by atoms with Gasteiger partial charge in [-0.1, -0.05) is 65.7 Å². The van der Waals surface area contributed by atoms with E-state index < -0.39 is 10.0 Å². The van der Waals surface area contributed by atoms with Crippen LogP contribution in [0.2, 0.25) is 5.02 Å². The first kappa shape index (κ1) is 24.8. The van der Waals surface area contributed by atoms with Gasteiger partial charge in [0.05, 0.1) is 10.6 Å². The molecule has 0 spiro atoms. The molecule has 0 saturated carbocycles. The minimum atomic E-state index is -3.98. The van der Waals surface area contributed by atoms with Crippen LogP contribution in [0.15, 0.2) is 77.7 Å². The second-order valence-corrected chi connectivity index (χ2v) is 10.5. The Balaban J connectivity index is 1.81. The van der Waals surface area contributed by atoms with Crippen LogP contribution in [0.5, 0.6) is 0 Å². The summed E-state index contributed by atoms with van der Waals surface area (Å²) in [4.78, 5) is 13.0. The van der Waals surface area contributed by atoms with Gasteiger partial charge in [0.2, 0.25) is 5.91 Å². The zero-order valence-electron chi connectivity index (χ0n) is 19.1. The van der Waals surface area contributed by atoms with E-state index in [9.17, 15) is 13.2 Å². The topological polar surface area (TPSA) is 66.5 Å². The molecule has 1 N–H and O–H groups in total. The van der Waals surface area contributed by atoms with Crippen LogP contribution in [0.1, 0.15) is 30.0 Å². The number of carbonyl (C=O) groups excluding carboxylic acids is 1.